The molecule has 1 atom stereocenters. The first kappa shape index (κ1) is 32.6. The summed E-state index contributed by atoms with van der Waals surface area (Å²) in [5.74, 6) is -0.182. The molecule has 232 valence electrons. The van der Waals surface area contributed by atoms with E-state index in [0.717, 1.165) is 6.42 Å². The summed E-state index contributed by atoms with van der Waals surface area (Å²) in [6.07, 6.45) is 2.75. The van der Waals surface area contributed by atoms with Gasteiger partial charge < -0.3 is 14.3 Å². The van der Waals surface area contributed by atoms with Gasteiger partial charge in [-0.05, 0) is 61.0 Å². The van der Waals surface area contributed by atoms with Crippen molar-refractivity contribution in [3.63, 3.8) is 0 Å². The molecule has 4 rings (SSSR count). The largest absolute Gasteiger partial charge is 0.534 e. The molecule has 43 heavy (non-hydrogen) atoms. The standard InChI is InChI=1S/C29H36F3N5O4SSi/c1-7-10-22(33)24-13-9-12-23(36-24)19-15-25-21(26(16-19)41-42(38,39)29(30,31)32)17-34-37(25)27-14-8-11-20(35-27)18-40-43(5,6)28(2,3)4/h8-9,11-17,22H,7,10,18,33H2,1-6H3/t22-/m0/s1. The van der Waals surface area contributed by atoms with Crippen molar-refractivity contribution in [1.29, 1.82) is 0 Å². The highest BCUT2D eigenvalue weighted by atomic mass is 32.2. The third-order valence-corrected chi connectivity index (χ3v) is 13.0. The number of fused-ring (bicyclic) bond motifs is 1. The Kier molecular flexibility index (Phi) is 9.08. The Hall–Kier alpha value is -3.33. The maximum atomic E-state index is 13.3. The summed E-state index contributed by atoms with van der Waals surface area (Å²) < 4.78 is 76.4. The Morgan fingerprint density at radius 3 is 2.40 bits per heavy atom. The second kappa shape index (κ2) is 12.0. The van der Waals surface area contributed by atoms with E-state index in [9.17, 15) is 21.6 Å². The minimum absolute atomic E-state index is 0.00184. The molecule has 0 saturated heterocycles. The van der Waals surface area contributed by atoms with Gasteiger partial charge in [0.2, 0.25) is 0 Å². The van der Waals surface area contributed by atoms with Crippen molar-refractivity contribution in [1.82, 2.24) is 19.7 Å². The number of benzene rings is 1. The lowest BCUT2D eigenvalue weighted by molar-refractivity contribution is -0.0499. The molecule has 0 unspecified atom stereocenters. The summed E-state index contributed by atoms with van der Waals surface area (Å²) in [6, 6.07) is 12.9. The summed E-state index contributed by atoms with van der Waals surface area (Å²) >= 11 is 0. The Morgan fingerprint density at radius 2 is 1.74 bits per heavy atom. The third-order valence-electron chi connectivity index (χ3n) is 7.58. The van der Waals surface area contributed by atoms with Crippen molar-refractivity contribution in [3.8, 4) is 22.8 Å². The lowest BCUT2D eigenvalue weighted by Gasteiger charge is -2.36. The van der Waals surface area contributed by atoms with Gasteiger partial charge in [0.1, 0.15) is 0 Å². The first-order valence-electron chi connectivity index (χ1n) is 13.8. The lowest BCUT2D eigenvalue weighted by atomic mass is 10.1. The van der Waals surface area contributed by atoms with Crippen LogP contribution in [0.25, 0.3) is 28.0 Å². The molecular formula is C29H36F3N5O4SSi. The molecule has 0 bridgehead atoms. The number of nitrogens with zero attached hydrogens (tertiary/aromatic N) is 4. The Balaban J connectivity index is 1.83. The monoisotopic (exact) mass is 635 g/mol. The van der Waals surface area contributed by atoms with Gasteiger partial charge in [0, 0.05) is 11.6 Å². The molecule has 4 aromatic rings. The summed E-state index contributed by atoms with van der Waals surface area (Å²) in [6.45, 7) is 12.9. The molecule has 0 spiro atoms. The van der Waals surface area contributed by atoms with Crippen LogP contribution in [0, 0.1) is 0 Å². The predicted octanol–water partition coefficient (Wildman–Crippen LogP) is 7.03. The number of hydrogen-bond acceptors (Lipinski definition) is 8. The quantitative estimate of drug-likeness (QED) is 0.112. The van der Waals surface area contributed by atoms with Crippen molar-refractivity contribution in [2.24, 2.45) is 5.73 Å². The van der Waals surface area contributed by atoms with Gasteiger partial charge in [0.15, 0.2) is 19.9 Å². The van der Waals surface area contributed by atoms with E-state index in [0.29, 0.717) is 34.9 Å². The fourth-order valence-corrected chi connectivity index (χ4v) is 5.48. The first-order valence-corrected chi connectivity index (χ1v) is 18.1. The summed E-state index contributed by atoms with van der Waals surface area (Å²) in [5, 5.41) is 4.38. The van der Waals surface area contributed by atoms with Crippen LogP contribution >= 0.6 is 0 Å². The van der Waals surface area contributed by atoms with E-state index in [1.807, 2.05) is 13.0 Å². The zero-order chi connectivity index (χ0) is 31.8. The van der Waals surface area contributed by atoms with Crippen molar-refractivity contribution < 1.29 is 30.2 Å². The van der Waals surface area contributed by atoms with E-state index < -0.39 is 29.7 Å². The molecule has 9 nitrogen and oxygen atoms in total. The number of alkyl halides is 3. The summed E-state index contributed by atoms with van der Waals surface area (Å²) in [5.41, 5.74) is 2.81. The van der Waals surface area contributed by atoms with Gasteiger partial charge in [0.05, 0.1) is 40.8 Å². The predicted molar refractivity (Wildman–Crippen MR) is 162 cm³/mol. The van der Waals surface area contributed by atoms with Gasteiger partial charge in [-0.1, -0.05) is 46.2 Å². The topological polar surface area (TPSA) is 122 Å². The zero-order valence-corrected chi connectivity index (χ0v) is 26.8. The van der Waals surface area contributed by atoms with Crippen LogP contribution in [-0.4, -0.2) is 42.0 Å². The molecule has 1 aromatic carbocycles. The number of rotatable bonds is 10. The molecule has 0 radical (unpaired) electrons. The van der Waals surface area contributed by atoms with Crippen molar-refractivity contribution in [3.05, 3.63) is 66.1 Å². The Morgan fingerprint density at radius 1 is 1.05 bits per heavy atom. The zero-order valence-electron chi connectivity index (χ0n) is 24.9. The molecule has 0 amide bonds. The molecule has 14 heteroatoms. The van der Waals surface area contributed by atoms with E-state index in [2.05, 4.69) is 53.1 Å². The highest BCUT2D eigenvalue weighted by Gasteiger charge is 2.49. The van der Waals surface area contributed by atoms with E-state index in [1.165, 1.54) is 16.9 Å². The summed E-state index contributed by atoms with van der Waals surface area (Å²) in [7, 11) is -8.04. The smallest absolute Gasteiger partial charge is 0.411 e. The molecular weight excluding hydrogens is 599 g/mol. The van der Waals surface area contributed by atoms with Crippen LogP contribution in [-0.2, 0) is 21.2 Å². The minimum atomic E-state index is -5.97. The van der Waals surface area contributed by atoms with Crippen LogP contribution < -0.4 is 9.92 Å². The van der Waals surface area contributed by atoms with E-state index >= 15 is 0 Å². The molecule has 3 heterocycles. The molecule has 0 saturated carbocycles. The Labute approximate surface area is 250 Å². The van der Waals surface area contributed by atoms with E-state index in [4.69, 9.17) is 10.2 Å². The van der Waals surface area contributed by atoms with Gasteiger partial charge in [-0.15, -0.1) is 0 Å². The van der Waals surface area contributed by atoms with Crippen LogP contribution in [0.3, 0.4) is 0 Å². The average molecular weight is 636 g/mol. The molecule has 3 aromatic heterocycles. The van der Waals surface area contributed by atoms with Crippen LogP contribution in [0.5, 0.6) is 5.75 Å². The number of aromatic nitrogens is 4. The van der Waals surface area contributed by atoms with E-state index in [-0.39, 0.29) is 28.6 Å². The lowest BCUT2D eigenvalue weighted by Crippen LogP contribution is -2.40. The minimum Gasteiger partial charge on any atom is -0.411 e. The fraction of sp³-hybridized carbons (Fsp3) is 0.414. The number of pyridine rings is 2. The molecule has 0 aliphatic heterocycles. The average Bonchev–Trinajstić information content (AvgIpc) is 3.35. The van der Waals surface area contributed by atoms with Gasteiger partial charge in [-0.2, -0.15) is 26.7 Å². The maximum absolute atomic E-state index is 13.3. The van der Waals surface area contributed by atoms with Crippen LogP contribution in [0.2, 0.25) is 18.1 Å². The molecule has 0 aliphatic rings. The summed E-state index contributed by atoms with van der Waals surface area (Å²) in [4.78, 5) is 9.29. The van der Waals surface area contributed by atoms with Crippen LogP contribution in [0.1, 0.15) is 58.0 Å². The van der Waals surface area contributed by atoms with E-state index in [1.54, 1.807) is 36.4 Å². The molecule has 0 aliphatic carbocycles. The number of nitrogens with two attached hydrogens (primary N) is 1. The number of halogens is 3. The van der Waals surface area contributed by atoms with Gasteiger partial charge in [0.25, 0.3) is 0 Å². The van der Waals surface area contributed by atoms with Gasteiger partial charge >= 0.3 is 15.6 Å². The third kappa shape index (κ3) is 7.08. The van der Waals surface area contributed by atoms with Gasteiger partial charge in [-0.25, -0.2) is 9.67 Å². The van der Waals surface area contributed by atoms with Crippen LogP contribution in [0.15, 0.2) is 54.7 Å². The number of hydrogen-bond donors (Lipinski definition) is 1. The van der Waals surface area contributed by atoms with Crippen LogP contribution in [0.4, 0.5) is 13.2 Å². The second-order valence-corrected chi connectivity index (χ2v) is 18.2. The normalized spacial score (nSPS) is 13.8. The van der Waals surface area contributed by atoms with Crippen molar-refractivity contribution in [2.75, 3.05) is 0 Å². The van der Waals surface area contributed by atoms with Crippen molar-refractivity contribution >= 4 is 29.3 Å². The maximum Gasteiger partial charge on any atom is 0.534 e. The Bertz CT molecular complexity index is 1720. The fourth-order valence-electron chi connectivity index (χ4n) is 4.07. The van der Waals surface area contributed by atoms with Gasteiger partial charge in [-0.3, -0.25) is 4.98 Å². The highest BCUT2D eigenvalue weighted by molar-refractivity contribution is 7.88. The first-order chi connectivity index (χ1) is 19.9. The highest BCUT2D eigenvalue weighted by Crippen LogP contribution is 2.38. The molecule has 0 fully saturated rings. The SMILES string of the molecule is CCC[C@H](N)c1cccc(-c2cc(OS(=O)(=O)C(F)(F)F)c3cnn(-c4cccc(CO[Si](C)(C)C(C)(C)C)n4)c3c2)n1. The van der Waals surface area contributed by atoms with Crippen molar-refractivity contribution in [2.45, 2.75) is 76.8 Å². The molecule has 2 N–H and O–H groups in total. The second-order valence-electron chi connectivity index (χ2n) is 11.8.